The fraction of sp³-hybridized carbons (Fsp3) is 0.176. The van der Waals surface area contributed by atoms with Gasteiger partial charge in [0.2, 0.25) is 0 Å². The number of hydrogen-bond acceptors (Lipinski definition) is 6. The van der Waals surface area contributed by atoms with Gasteiger partial charge in [-0.25, -0.2) is 4.98 Å². The Labute approximate surface area is 148 Å². The quantitative estimate of drug-likeness (QED) is 0.527. The van der Waals surface area contributed by atoms with Crippen molar-refractivity contribution in [1.82, 2.24) is 15.3 Å². The summed E-state index contributed by atoms with van der Waals surface area (Å²) < 4.78 is 5.78. The van der Waals surface area contributed by atoms with Crippen molar-refractivity contribution in [3.63, 3.8) is 0 Å². The second-order valence-electron chi connectivity index (χ2n) is 5.24. The molecule has 0 saturated carbocycles. The van der Waals surface area contributed by atoms with Gasteiger partial charge in [-0.15, -0.1) is 0 Å². The second kappa shape index (κ2) is 7.42. The Bertz CT molecular complexity index is 933. The zero-order valence-corrected chi connectivity index (χ0v) is 14.2. The van der Waals surface area contributed by atoms with E-state index in [2.05, 4.69) is 15.3 Å². The molecule has 1 N–H and O–H groups in total. The molecule has 128 valence electrons. The van der Waals surface area contributed by atoms with E-state index in [9.17, 15) is 10.1 Å². The number of rotatable bonds is 6. The maximum atomic E-state index is 11.2. The first-order valence-electron chi connectivity index (χ1n) is 7.65. The van der Waals surface area contributed by atoms with Gasteiger partial charge in [0.25, 0.3) is 5.88 Å². The Balaban J connectivity index is 2.10. The molecule has 1 aromatic carbocycles. The van der Waals surface area contributed by atoms with Crippen LogP contribution in [-0.4, -0.2) is 21.4 Å². The number of benzene rings is 1. The van der Waals surface area contributed by atoms with E-state index in [0.717, 1.165) is 12.2 Å². The Hall–Kier alpha value is -2.77. The van der Waals surface area contributed by atoms with Gasteiger partial charge in [-0.1, -0.05) is 18.5 Å². The van der Waals surface area contributed by atoms with Crippen molar-refractivity contribution in [1.29, 1.82) is 0 Å². The Kier molecular flexibility index (Phi) is 5.06. The van der Waals surface area contributed by atoms with E-state index < -0.39 is 4.92 Å². The third-order valence-corrected chi connectivity index (χ3v) is 3.73. The molecule has 3 aromatic rings. The highest BCUT2D eigenvalue weighted by Gasteiger charge is 2.18. The molecule has 0 spiro atoms. The van der Waals surface area contributed by atoms with Gasteiger partial charge in [0.05, 0.1) is 16.1 Å². The molecule has 0 radical (unpaired) electrons. The predicted octanol–water partition coefficient (Wildman–Crippen LogP) is 4.09. The number of nitro groups is 1. The first kappa shape index (κ1) is 17.1. The SMILES string of the molecule is CCNCc1cc(Oc2ncccc2[N+](=O)[O-])c2cc(Cl)ccc2n1. The smallest absolute Gasteiger partial charge is 0.331 e. The highest BCUT2D eigenvalue weighted by Crippen LogP contribution is 2.34. The number of nitrogens with one attached hydrogen (secondary N) is 1. The van der Waals surface area contributed by atoms with E-state index in [1.54, 1.807) is 24.3 Å². The summed E-state index contributed by atoms with van der Waals surface area (Å²) in [6.45, 7) is 3.34. The van der Waals surface area contributed by atoms with E-state index in [1.165, 1.54) is 18.3 Å². The largest absolute Gasteiger partial charge is 0.433 e. The minimum atomic E-state index is -0.530. The van der Waals surface area contributed by atoms with Crippen LogP contribution in [-0.2, 0) is 6.54 Å². The zero-order chi connectivity index (χ0) is 17.8. The molecule has 2 aromatic heterocycles. The van der Waals surface area contributed by atoms with E-state index in [-0.39, 0.29) is 11.6 Å². The second-order valence-corrected chi connectivity index (χ2v) is 5.68. The van der Waals surface area contributed by atoms with E-state index in [0.29, 0.717) is 28.2 Å². The average Bonchev–Trinajstić information content (AvgIpc) is 2.60. The molecule has 0 fully saturated rings. The summed E-state index contributed by atoms with van der Waals surface area (Å²) in [5.74, 6) is 0.344. The molecule has 0 atom stereocenters. The summed E-state index contributed by atoms with van der Waals surface area (Å²) in [6, 6.07) is 9.81. The number of pyridine rings is 2. The van der Waals surface area contributed by atoms with Gasteiger partial charge in [-0.05, 0) is 30.8 Å². The molecular formula is C17H15ClN4O3. The number of nitrogens with zero attached hydrogens (tertiary/aromatic N) is 3. The predicted molar refractivity (Wildman–Crippen MR) is 95.1 cm³/mol. The van der Waals surface area contributed by atoms with Crippen LogP contribution in [0, 0.1) is 10.1 Å². The van der Waals surface area contributed by atoms with Gasteiger partial charge in [0.15, 0.2) is 0 Å². The van der Waals surface area contributed by atoms with Crippen molar-refractivity contribution in [3.8, 4) is 11.6 Å². The van der Waals surface area contributed by atoms with Crippen LogP contribution in [0.5, 0.6) is 11.6 Å². The maximum absolute atomic E-state index is 11.2. The van der Waals surface area contributed by atoms with Crippen LogP contribution in [0.1, 0.15) is 12.6 Å². The molecular weight excluding hydrogens is 344 g/mol. The third kappa shape index (κ3) is 3.84. The molecule has 2 heterocycles. The minimum absolute atomic E-state index is 0.0747. The van der Waals surface area contributed by atoms with Crippen LogP contribution < -0.4 is 10.1 Å². The van der Waals surface area contributed by atoms with Gasteiger partial charge >= 0.3 is 5.69 Å². The molecule has 0 unspecified atom stereocenters. The highest BCUT2D eigenvalue weighted by molar-refractivity contribution is 6.31. The Morgan fingerprint density at radius 3 is 2.92 bits per heavy atom. The molecule has 0 aliphatic heterocycles. The maximum Gasteiger partial charge on any atom is 0.331 e. The van der Waals surface area contributed by atoms with E-state index in [4.69, 9.17) is 16.3 Å². The van der Waals surface area contributed by atoms with E-state index >= 15 is 0 Å². The molecule has 8 heteroatoms. The van der Waals surface area contributed by atoms with Crippen LogP contribution in [0.15, 0.2) is 42.6 Å². The molecule has 25 heavy (non-hydrogen) atoms. The summed E-state index contributed by atoms with van der Waals surface area (Å²) in [6.07, 6.45) is 1.44. The lowest BCUT2D eigenvalue weighted by Crippen LogP contribution is -2.13. The van der Waals surface area contributed by atoms with Crippen molar-refractivity contribution in [3.05, 3.63) is 63.4 Å². The topological polar surface area (TPSA) is 90.2 Å². The third-order valence-electron chi connectivity index (χ3n) is 3.50. The van der Waals surface area contributed by atoms with Gasteiger partial charge in [-0.3, -0.25) is 15.1 Å². The first-order chi connectivity index (χ1) is 12.1. The minimum Gasteiger partial charge on any atom is -0.433 e. The van der Waals surface area contributed by atoms with Crippen LogP contribution >= 0.6 is 11.6 Å². The van der Waals surface area contributed by atoms with Crippen LogP contribution in [0.4, 0.5) is 5.69 Å². The summed E-state index contributed by atoms with van der Waals surface area (Å²) in [7, 11) is 0. The molecule has 7 nitrogen and oxygen atoms in total. The summed E-state index contributed by atoms with van der Waals surface area (Å²) in [4.78, 5) is 19.2. The fourth-order valence-electron chi connectivity index (χ4n) is 2.35. The number of aromatic nitrogens is 2. The Morgan fingerprint density at radius 2 is 2.16 bits per heavy atom. The number of fused-ring (bicyclic) bond motifs is 1. The lowest BCUT2D eigenvalue weighted by Gasteiger charge is -2.11. The molecule has 0 amide bonds. The monoisotopic (exact) mass is 358 g/mol. The first-order valence-corrected chi connectivity index (χ1v) is 8.03. The summed E-state index contributed by atoms with van der Waals surface area (Å²) in [5.41, 5.74) is 1.24. The summed E-state index contributed by atoms with van der Waals surface area (Å²) in [5, 5.41) is 15.6. The number of hydrogen-bond donors (Lipinski definition) is 1. The van der Waals surface area contributed by atoms with Gasteiger partial charge < -0.3 is 10.1 Å². The molecule has 0 saturated heterocycles. The van der Waals surface area contributed by atoms with Gasteiger partial charge in [-0.2, -0.15) is 0 Å². The van der Waals surface area contributed by atoms with Crippen LogP contribution in [0.25, 0.3) is 10.9 Å². The molecule has 0 aliphatic rings. The number of halogens is 1. The highest BCUT2D eigenvalue weighted by atomic mass is 35.5. The molecule has 0 aliphatic carbocycles. The fourth-order valence-corrected chi connectivity index (χ4v) is 2.52. The van der Waals surface area contributed by atoms with Gasteiger partial charge in [0.1, 0.15) is 5.75 Å². The van der Waals surface area contributed by atoms with Crippen molar-refractivity contribution in [2.45, 2.75) is 13.5 Å². The van der Waals surface area contributed by atoms with Crippen molar-refractivity contribution in [2.24, 2.45) is 0 Å². The van der Waals surface area contributed by atoms with Crippen LogP contribution in [0.3, 0.4) is 0 Å². The number of ether oxygens (including phenoxy) is 1. The molecule has 0 bridgehead atoms. The van der Waals surface area contributed by atoms with E-state index in [1.807, 2.05) is 6.92 Å². The summed E-state index contributed by atoms with van der Waals surface area (Å²) >= 11 is 6.08. The lowest BCUT2D eigenvalue weighted by atomic mass is 10.1. The van der Waals surface area contributed by atoms with Crippen molar-refractivity contribution < 1.29 is 9.66 Å². The average molecular weight is 359 g/mol. The zero-order valence-electron chi connectivity index (χ0n) is 13.4. The standard InChI is InChI=1S/C17H15ClN4O3/c1-2-19-10-12-9-16(13-8-11(18)5-6-14(13)21-12)25-17-15(22(23)24)4-3-7-20-17/h3-9,19H,2,10H2,1H3. The lowest BCUT2D eigenvalue weighted by molar-refractivity contribution is -0.386. The van der Waals surface area contributed by atoms with Crippen molar-refractivity contribution in [2.75, 3.05) is 6.54 Å². The van der Waals surface area contributed by atoms with Crippen LogP contribution in [0.2, 0.25) is 5.02 Å². The molecule has 3 rings (SSSR count). The van der Waals surface area contributed by atoms with Gasteiger partial charge in [0, 0.05) is 35.3 Å². The Morgan fingerprint density at radius 1 is 1.32 bits per heavy atom. The van der Waals surface area contributed by atoms with Crippen molar-refractivity contribution >= 4 is 28.2 Å². The normalized spacial score (nSPS) is 10.8.